The van der Waals surface area contributed by atoms with E-state index in [0.29, 0.717) is 16.5 Å². The minimum absolute atomic E-state index is 0.0867. The first-order valence-corrected chi connectivity index (χ1v) is 14.1. The van der Waals surface area contributed by atoms with Crippen LogP contribution in [0.4, 0.5) is 0 Å². The van der Waals surface area contributed by atoms with E-state index in [-0.39, 0.29) is 5.56 Å². The second kappa shape index (κ2) is 8.51. The third-order valence-electron chi connectivity index (χ3n) is 8.65. The van der Waals surface area contributed by atoms with Crippen molar-refractivity contribution in [2.75, 3.05) is 0 Å². The summed E-state index contributed by atoms with van der Waals surface area (Å²) in [5.74, 6) is 0. The van der Waals surface area contributed by atoms with E-state index >= 15 is 0 Å². The van der Waals surface area contributed by atoms with Crippen molar-refractivity contribution >= 4 is 73.1 Å². The summed E-state index contributed by atoms with van der Waals surface area (Å²) in [6.07, 6.45) is 0. The average Bonchev–Trinajstić information content (AvgIpc) is 3.43. The van der Waals surface area contributed by atoms with Gasteiger partial charge in [-0.05, 0) is 74.0 Å². The Morgan fingerprint density at radius 3 is 1.98 bits per heavy atom. The zero-order chi connectivity index (χ0) is 27.9. The highest BCUT2D eigenvalue weighted by Crippen LogP contribution is 2.38. The number of aromatic nitrogens is 2. The lowest BCUT2D eigenvalue weighted by Crippen LogP contribution is -2.15. The van der Waals surface area contributed by atoms with Crippen LogP contribution in [-0.2, 0) is 0 Å². The molecule has 2 aromatic heterocycles. The number of hydrogen-bond acceptors (Lipinski definition) is 2. The van der Waals surface area contributed by atoms with E-state index in [2.05, 4.69) is 97.1 Å². The lowest BCUT2D eigenvalue weighted by atomic mass is 9.88. The zero-order valence-corrected chi connectivity index (χ0v) is 22.5. The van der Waals surface area contributed by atoms with Crippen LogP contribution in [0.15, 0.2) is 132 Å². The topological polar surface area (TPSA) is 34.4 Å². The molecule has 192 valence electrons. The van der Waals surface area contributed by atoms with Crippen molar-refractivity contribution in [2.45, 2.75) is 0 Å². The van der Waals surface area contributed by atoms with Crippen LogP contribution < -0.4 is 11.0 Å². The predicted molar refractivity (Wildman–Crippen MR) is 176 cm³/mol. The van der Waals surface area contributed by atoms with E-state index in [1.165, 1.54) is 16.2 Å². The summed E-state index contributed by atoms with van der Waals surface area (Å²) in [4.78, 5) is 19.4. The van der Waals surface area contributed by atoms with Gasteiger partial charge in [0.05, 0.1) is 11.0 Å². The van der Waals surface area contributed by atoms with Gasteiger partial charge in [-0.2, -0.15) is 0 Å². The summed E-state index contributed by atoms with van der Waals surface area (Å²) < 4.78 is 1.79. The predicted octanol–water partition coefficient (Wildman–Crippen LogP) is 8.03. The van der Waals surface area contributed by atoms with Gasteiger partial charge in [0.25, 0.3) is 5.56 Å². The highest BCUT2D eigenvalue weighted by atomic mass is 16.1. The molecule has 0 aliphatic carbocycles. The van der Waals surface area contributed by atoms with Crippen LogP contribution in [0, 0.1) is 0 Å². The molecule has 7 aromatic carbocycles. The highest BCUT2D eigenvalue weighted by Gasteiger charge is 2.20. The van der Waals surface area contributed by atoms with Crippen LogP contribution in [-0.4, -0.2) is 17.2 Å². The summed E-state index contributed by atoms with van der Waals surface area (Å²) in [5.41, 5.74) is 6.99. The van der Waals surface area contributed by atoms with Crippen molar-refractivity contribution in [3.63, 3.8) is 0 Å². The fraction of sp³-hybridized carbons (Fsp3) is 0. The Hall–Kier alpha value is -5.48. The van der Waals surface area contributed by atoms with E-state index in [1.807, 2.05) is 30.3 Å². The normalized spacial score (nSPS) is 12.0. The van der Waals surface area contributed by atoms with Crippen molar-refractivity contribution in [2.24, 2.45) is 0 Å². The lowest BCUT2D eigenvalue weighted by molar-refractivity contribution is 1.19. The summed E-state index contributed by atoms with van der Waals surface area (Å²) >= 11 is 0. The van der Waals surface area contributed by atoms with Crippen LogP contribution in [0.1, 0.15) is 0 Å². The number of nitrogens with zero attached hydrogens (tertiary/aromatic N) is 2. The molecule has 0 bridgehead atoms. The molecule has 0 N–H and O–H groups in total. The van der Waals surface area contributed by atoms with Gasteiger partial charge in [-0.15, -0.1) is 0 Å². The zero-order valence-electron chi connectivity index (χ0n) is 22.5. The Balaban J connectivity index is 1.44. The van der Waals surface area contributed by atoms with E-state index in [9.17, 15) is 4.79 Å². The molecule has 9 rings (SSSR count). The summed E-state index contributed by atoms with van der Waals surface area (Å²) in [7, 11) is 6.34. The number of hydrogen-bond donors (Lipinski definition) is 0. The average molecular weight is 532 g/mol. The SMILES string of the molecule is [B]c1ccc2c(=O)n3c4cc(-c5ccc6ccccc6c5)cc(-c5ccc6ccccc6c5)c4nc3c3cccc1c23. The molecule has 2 heterocycles. The number of rotatable bonds is 2. The Labute approximate surface area is 242 Å². The summed E-state index contributed by atoms with van der Waals surface area (Å²) in [6, 6.07) is 43.8. The van der Waals surface area contributed by atoms with Gasteiger partial charge in [-0.3, -0.25) is 9.20 Å². The van der Waals surface area contributed by atoms with Crippen molar-refractivity contribution in [1.29, 1.82) is 0 Å². The maximum atomic E-state index is 14.2. The first-order chi connectivity index (χ1) is 20.6. The Morgan fingerprint density at radius 2 is 1.21 bits per heavy atom. The molecule has 42 heavy (non-hydrogen) atoms. The quantitative estimate of drug-likeness (QED) is 0.211. The number of benzene rings is 7. The van der Waals surface area contributed by atoms with E-state index in [0.717, 1.165) is 54.8 Å². The standard InChI is InChI=1S/C38H21BN2O/c39-33-17-16-31-35-29(33)10-5-11-30(35)37-40-36-32(27-15-13-23-7-2-4-9-25(23)19-27)20-28(21-34(36)41(37)38(31)42)26-14-12-22-6-1-3-8-24(22)18-26/h1-21H. The van der Waals surface area contributed by atoms with Gasteiger partial charge < -0.3 is 0 Å². The van der Waals surface area contributed by atoms with Gasteiger partial charge in [-0.25, -0.2) is 4.98 Å². The molecule has 0 fully saturated rings. The molecule has 9 aromatic rings. The molecule has 0 atom stereocenters. The number of pyridine rings is 1. The van der Waals surface area contributed by atoms with Gasteiger partial charge in [0.15, 0.2) is 0 Å². The summed E-state index contributed by atoms with van der Waals surface area (Å²) in [5, 5.41) is 8.02. The monoisotopic (exact) mass is 532 g/mol. The molecular formula is C38H21BN2O. The first-order valence-electron chi connectivity index (χ1n) is 14.1. The maximum Gasteiger partial charge on any atom is 0.264 e. The molecule has 0 saturated heterocycles. The molecule has 0 amide bonds. The Bertz CT molecular complexity index is 2620. The van der Waals surface area contributed by atoms with Crippen LogP contribution in [0.5, 0.6) is 0 Å². The Morgan fingerprint density at radius 1 is 0.548 bits per heavy atom. The molecule has 4 heteroatoms. The van der Waals surface area contributed by atoms with Gasteiger partial charge in [0.1, 0.15) is 13.5 Å². The van der Waals surface area contributed by atoms with Crippen molar-refractivity contribution in [1.82, 2.24) is 9.38 Å². The first kappa shape index (κ1) is 23.3. The number of fused-ring (bicyclic) bond motifs is 6. The minimum atomic E-state index is -0.0867. The van der Waals surface area contributed by atoms with E-state index in [1.54, 1.807) is 4.40 Å². The van der Waals surface area contributed by atoms with E-state index in [4.69, 9.17) is 12.8 Å². The van der Waals surface area contributed by atoms with Crippen LogP contribution >= 0.6 is 0 Å². The molecule has 0 aliphatic heterocycles. The molecule has 0 saturated carbocycles. The molecule has 0 spiro atoms. The molecule has 0 unspecified atom stereocenters. The maximum absolute atomic E-state index is 14.2. The van der Waals surface area contributed by atoms with Gasteiger partial charge in [-0.1, -0.05) is 103 Å². The molecule has 2 radical (unpaired) electrons. The summed E-state index contributed by atoms with van der Waals surface area (Å²) in [6.45, 7) is 0. The van der Waals surface area contributed by atoms with Gasteiger partial charge >= 0.3 is 0 Å². The fourth-order valence-corrected chi connectivity index (χ4v) is 6.59. The third kappa shape index (κ3) is 3.23. The van der Waals surface area contributed by atoms with E-state index < -0.39 is 0 Å². The number of imidazole rings is 1. The van der Waals surface area contributed by atoms with Gasteiger partial charge in [0, 0.05) is 21.7 Å². The fourth-order valence-electron chi connectivity index (χ4n) is 6.59. The second-order valence-corrected chi connectivity index (χ2v) is 11.0. The smallest absolute Gasteiger partial charge is 0.264 e. The molecule has 0 aliphatic rings. The van der Waals surface area contributed by atoms with Crippen LogP contribution in [0.2, 0.25) is 0 Å². The second-order valence-electron chi connectivity index (χ2n) is 11.0. The highest BCUT2D eigenvalue weighted by molar-refractivity contribution is 6.41. The molecular weight excluding hydrogens is 511 g/mol. The largest absolute Gasteiger partial charge is 0.268 e. The Kier molecular flexibility index (Phi) is 4.71. The van der Waals surface area contributed by atoms with Gasteiger partial charge in [0.2, 0.25) is 0 Å². The van der Waals surface area contributed by atoms with Crippen molar-refractivity contribution < 1.29 is 0 Å². The molecule has 3 nitrogen and oxygen atoms in total. The van der Waals surface area contributed by atoms with Crippen molar-refractivity contribution in [3.8, 4) is 22.3 Å². The van der Waals surface area contributed by atoms with Crippen molar-refractivity contribution in [3.05, 3.63) is 138 Å². The van der Waals surface area contributed by atoms with Crippen LogP contribution in [0.3, 0.4) is 0 Å². The lowest BCUT2D eigenvalue weighted by Gasteiger charge is -2.11. The third-order valence-corrected chi connectivity index (χ3v) is 8.65. The van der Waals surface area contributed by atoms with Crippen LogP contribution in [0.25, 0.3) is 82.0 Å². The minimum Gasteiger partial charge on any atom is -0.268 e.